The first kappa shape index (κ1) is 20.1. The fourth-order valence-corrected chi connectivity index (χ4v) is 4.27. The quantitative estimate of drug-likeness (QED) is 0.482. The molecule has 0 radical (unpaired) electrons. The Labute approximate surface area is 185 Å². The van der Waals surface area contributed by atoms with Crippen molar-refractivity contribution in [2.45, 2.75) is 12.8 Å². The zero-order valence-electron chi connectivity index (χ0n) is 17.5. The van der Waals surface area contributed by atoms with Gasteiger partial charge in [0.05, 0.1) is 5.69 Å². The van der Waals surface area contributed by atoms with Crippen molar-refractivity contribution in [3.8, 4) is 11.3 Å². The van der Waals surface area contributed by atoms with Crippen LogP contribution in [0.2, 0.25) is 0 Å². The molecule has 0 bridgehead atoms. The standard InChI is InChI=1S/C26H23FN4O/c27-21-8-3-7-20(15-21)24-16-25(29-17-28-24)31-13-11-19(12-14-31)26(32)30-23-10-4-6-18-5-1-2-9-22(18)23/h1-10,15-17,19H,11-14H2,(H,30,32). The van der Waals surface area contributed by atoms with Gasteiger partial charge in [0.1, 0.15) is 18.0 Å². The molecule has 0 atom stereocenters. The molecule has 0 spiro atoms. The number of halogens is 1. The summed E-state index contributed by atoms with van der Waals surface area (Å²) in [6.45, 7) is 1.46. The van der Waals surface area contributed by atoms with Crippen LogP contribution in [-0.4, -0.2) is 29.0 Å². The van der Waals surface area contributed by atoms with Crippen molar-refractivity contribution in [2.24, 2.45) is 5.92 Å². The van der Waals surface area contributed by atoms with Crippen LogP contribution in [0.25, 0.3) is 22.0 Å². The smallest absolute Gasteiger partial charge is 0.227 e. The lowest BCUT2D eigenvalue weighted by molar-refractivity contribution is -0.120. The van der Waals surface area contributed by atoms with Crippen molar-refractivity contribution < 1.29 is 9.18 Å². The zero-order valence-corrected chi connectivity index (χ0v) is 17.5. The molecule has 1 saturated heterocycles. The Morgan fingerprint density at radius 2 is 1.72 bits per heavy atom. The van der Waals surface area contributed by atoms with Gasteiger partial charge in [0.25, 0.3) is 0 Å². The van der Waals surface area contributed by atoms with E-state index in [1.165, 1.54) is 18.5 Å². The highest BCUT2D eigenvalue weighted by molar-refractivity contribution is 6.02. The molecule has 0 unspecified atom stereocenters. The number of benzene rings is 3. The summed E-state index contributed by atoms with van der Waals surface area (Å²) in [6.07, 6.45) is 3.00. The number of hydrogen-bond acceptors (Lipinski definition) is 4. The number of nitrogens with one attached hydrogen (secondary N) is 1. The van der Waals surface area contributed by atoms with Crippen LogP contribution < -0.4 is 10.2 Å². The highest BCUT2D eigenvalue weighted by Gasteiger charge is 2.26. The Bertz CT molecular complexity index is 1260. The Kier molecular flexibility index (Phi) is 5.50. The van der Waals surface area contributed by atoms with Crippen molar-refractivity contribution in [3.63, 3.8) is 0 Å². The fourth-order valence-electron chi connectivity index (χ4n) is 4.27. The van der Waals surface area contributed by atoms with Gasteiger partial charge >= 0.3 is 0 Å². The molecule has 6 heteroatoms. The average molecular weight is 426 g/mol. The van der Waals surface area contributed by atoms with E-state index in [-0.39, 0.29) is 17.6 Å². The number of aromatic nitrogens is 2. The molecule has 5 rings (SSSR count). The third-order valence-electron chi connectivity index (χ3n) is 6.01. The molecule has 3 aromatic carbocycles. The molecule has 0 saturated carbocycles. The van der Waals surface area contributed by atoms with Crippen LogP contribution in [0.3, 0.4) is 0 Å². The van der Waals surface area contributed by atoms with Crippen LogP contribution in [0.1, 0.15) is 12.8 Å². The molecule has 1 aliphatic rings. The molecule has 2 heterocycles. The Morgan fingerprint density at radius 3 is 2.56 bits per heavy atom. The number of carbonyl (C=O) groups is 1. The minimum atomic E-state index is -0.291. The molecular weight excluding hydrogens is 403 g/mol. The van der Waals surface area contributed by atoms with Crippen LogP contribution in [0.15, 0.2) is 79.1 Å². The highest BCUT2D eigenvalue weighted by Crippen LogP contribution is 2.28. The Morgan fingerprint density at radius 1 is 0.938 bits per heavy atom. The van der Waals surface area contributed by atoms with E-state index in [2.05, 4.69) is 20.2 Å². The number of amides is 1. The van der Waals surface area contributed by atoms with Gasteiger partial charge in [-0.1, -0.05) is 48.5 Å². The van der Waals surface area contributed by atoms with E-state index < -0.39 is 0 Å². The predicted octanol–water partition coefficient (Wildman–Crippen LogP) is 5.29. The fraction of sp³-hybridized carbons (Fsp3) is 0.192. The SMILES string of the molecule is O=C(Nc1cccc2ccccc12)C1CCN(c2cc(-c3cccc(F)c3)ncn2)CC1. The third-order valence-corrected chi connectivity index (χ3v) is 6.01. The summed E-state index contributed by atoms with van der Waals surface area (Å²) >= 11 is 0. The first-order valence-corrected chi connectivity index (χ1v) is 10.8. The van der Waals surface area contributed by atoms with E-state index in [4.69, 9.17) is 0 Å². The topological polar surface area (TPSA) is 58.1 Å². The van der Waals surface area contributed by atoms with Gasteiger partial charge in [-0.3, -0.25) is 4.79 Å². The van der Waals surface area contributed by atoms with Crippen LogP contribution >= 0.6 is 0 Å². The maximum absolute atomic E-state index is 13.6. The summed E-state index contributed by atoms with van der Waals surface area (Å²) in [5, 5.41) is 5.28. The summed E-state index contributed by atoms with van der Waals surface area (Å²) in [4.78, 5) is 23.8. The van der Waals surface area contributed by atoms with Crippen LogP contribution in [0.5, 0.6) is 0 Å². The second kappa shape index (κ2) is 8.75. The second-order valence-electron chi connectivity index (χ2n) is 8.05. The van der Waals surface area contributed by atoms with E-state index in [0.717, 1.165) is 53.8 Å². The van der Waals surface area contributed by atoms with Crippen molar-refractivity contribution in [1.29, 1.82) is 0 Å². The van der Waals surface area contributed by atoms with Crippen molar-refractivity contribution in [3.05, 3.63) is 84.9 Å². The highest BCUT2D eigenvalue weighted by atomic mass is 19.1. The summed E-state index contributed by atoms with van der Waals surface area (Å²) in [6, 6.07) is 22.3. The largest absolute Gasteiger partial charge is 0.356 e. The van der Waals surface area contributed by atoms with Gasteiger partial charge in [0.15, 0.2) is 0 Å². The normalized spacial score (nSPS) is 14.5. The number of fused-ring (bicyclic) bond motifs is 1. The molecule has 5 nitrogen and oxygen atoms in total. The molecule has 4 aromatic rings. The number of carbonyl (C=O) groups excluding carboxylic acids is 1. The maximum atomic E-state index is 13.6. The molecule has 0 aliphatic carbocycles. The van der Waals surface area contributed by atoms with Crippen LogP contribution in [0.4, 0.5) is 15.9 Å². The molecule has 160 valence electrons. The first-order chi connectivity index (χ1) is 15.7. The van der Waals surface area contributed by atoms with Crippen molar-refractivity contribution in [1.82, 2.24) is 9.97 Å². The van der Waals surface area contributed by atoms with E-state index >= 15 is 0 Å². The summed E-state index contributed by atoms with van der Waals surface area (Å²) in [7, 11) is 0. The maximum Gasteiger partial charge on any atom is 0.227 e. The van der Waals surface area contributed by atoms with Crippen molar-refractivity contribution >= 4 is 28.2 Å². The minimum absolute atomic E-state index is 0.0465. The zero-order chi connectivity index (χ0) is 21.9. The van der Waals surface area contributed by atoms with Gasteiger partial charge in [0, 0.05) is 41.7 Å². The van der Waals surface area contributed by atoms with E-state index in [1.807, 2.05) is 54.6 Å². The minimum Gasteiger partial charge on any atom is -0.356 e. The number of rotatable bonds is 4. The third kappa shape index (κ3) is 4.17. The van der Waals surface area contributed by atoms with Gasteiger partial charge in [-0.2, -0.15) is 0 Å². The van der Waals surface area contributed by atoms with Gasteiger partial charge in [-0.05, 0) is 36.4 Å². The van der Waals surface area contributed by atoms with Crippen LogP contribution in [-0.2, 0) is 4.79 Å². The van der Waals surface area contributed by atoms with Gasteiger partial charge in [-0.15, -0.1) is 0 Å². The van der Waals surface area contributed by atoms with Gasteiger partial charge in [-0.25, -0.2) is 14.4 Å². The van der Waals surface area contributed by atoms with E-state index in [0.29, 0.717) is 5.69 Å². The molecule has 1 fully saturated rings. The molecule has 1 aliphatic heterocycles. The Balaban J connectivity index is 1.25. The lowest BCUT2D eigenvalue weighted by Gasteiger charge is -2.32. The number of piperidine rings is 1. The average Bonchev–Trinajstić information content (AvgIpc) is 2.84. The van der Waals surface area contributed by atoms with Gasteiger partial charge < -0.3 is 10.2 Å². The summed E-state index contributed by atoms with van der Waals surface area (Å²) in [5.41, 5.74) is 2.26. The van der Waals surface area contributed by atoms with E-state index in [9.17, 15) is 9.18 Å². The number of nitrogens with zero attached hydrogens (tertiary/aromatic N) is 3. The lowest BCUT2D eigenvalue weighted by atomic mass is 9.95. The van der Waals surface area contributed by atoms with Crippen LogP contribution in [0, 0.1) is 11.7 Å². The predicted molar refractivity (Wildman–Crippen MR) is 125 cm³/mol. The lowest BCUT2D eigenvalue weighted by Crippen LogP contribution is -2.38. The molecule has 1 N–H and O–H groups in total. The first-order valence-electron chi connectivity index (χ1n) is 10.8. The number of hydrogen-bond donors (Lipinski definition) is 1. The monoisotopic (exact) mass is 426 g/mol. The molecule has 1 amide bonds. The number of anilines is 2. The summed E-state index contributed by atoms with van der Waals surface area (Å²) in [5.74, 6) is 0.520. The molecule has 32 heavy (non-hydrogen) atoms. The summed E-state index contributed by atoms with van der Waals surface area (Å²) < 4.78 is 13.6. The second-order valence-corrected chi connectivity index (χ2v) is 8.05. The van der Waals surface area contributed by atoms with Gasteiger partial charge in [0.2, 0.25) is 5.91 Å². The Hall–Kier alpha value is -3.80. The van der Waals surface area contributed by atoms with Crippen molar-refractivity contribution in [2.75, 3.05) is 23.3 Å². The molecule has 1 aromatic heterocycles. The molecular formula is C26H23FN4O. The van der Waals surface area contributed by atoms with E-state index in [1.54, 1.807) is 6.07 Å².